The summed E-state index contributed by atoms with van der Waals surface area (Å²) in [5.41, 5.74) is 0.227. The van der Waals surface area contributed by atoms with Crippen molar-refractivity contribution in [2.24, 2.45) is 5.92 Å². The maximum absolute atomic E-state index is 12.4. The van der Waals surface area contributed by atoms with Gasteiger partial charge in [0.25, 0.3) is 0 Å². The number of carbonyl (C=O) groups excluding carboxylic acids is 1. The predicted molar refractivity (Wildman–Crippen MR) is 96.3 cm³/mol. The first kappa shape index (κ1) is 20.0. The van der Waals surface area contributed by atoms with Crippen molar-refractivity contribution in [1.29, 1.82) is 0 Å². The fraction of sp³-hybridized carbons (Fsp3) is 0.611. The molecule has 0 bridgehead atoms. The normalized spacial score (nSPS) is 14.5. The monoisotopic (exact) mass is 385 g/mol. The molecule has 1 rings (SSSR count). The second kappa shape index (κ2) is 8.15. The fourth-order valence-electron chi connectivity index (χ4n) is 2.33. The molecule has 1 aromatic carbocycles. The molecule has 0 spiro atoms. The smallest absolute Gasteiger partial charge is 0.410 e. The molecule has 0 aliphatic rings. The summed E-state index contributed by atoms with van der Waals surface area (Å²) in [6, 6.07) is 7.17. The van der Waals surface area contributed by atoms with Crippen LogP contribution in [-0.4, -0.2) is 34.8 Å². The lowest BCUT2D eigenvalue weighted by Crippen LogP contribution is -2.44. The summed E-state index contributed by atoms with van der Waals surface area (Å²) in [6.07, 6.45) is -0.491. The van der Waals surface area contributed by atoms with Crippen molar-refractivity contribution in [2.75, 3.05) is 7.05 Å². The average molecular weight is 386 g/mol. The molecule has 4 nitrogen and oxygen atoms in total. The SMILES string of the molecule is CC(C)C[C@@H](C(O)c1ccc(Br)cc1)N(C)C(=O)OC(C)(C)C. The van der Waals surface area contributed by atoms with E-state index in [1.807, 2.05) is 45.0 Å². The second-order valence-electron chi connectivity index (χ2n) is 7.28. The Labute approximate surface area is 148 Å². The van der Waals surface area contributed by atoms with Gasteiger partial charge in [-0.25, -0.2) is 4.79 Å². The summed E-state index contributed by atoms with van der Waals surface area (Å²) in [6.45, 7) is 9.65. The van der Waals surface area contributed by atoms with E-state index in [1.165, 1.54) is 4.90 Å². The summed E-state index contributed by atoms with van der Waals surface area (Å²) >= 11 is 3.39. The molecule has 2 atom stereocenters. The van der Waals surface area contributed by atoms with E-state index in [1.54, 1.807) is 7.05 Å². The standard InChI is InChI=1S/C18H28BrNO3/c1-12(2)11-15(20(6)17(22)23-18(3,4)5)16(21)13-7-9-14(19)10-8-13/h7-10,12,15-16,21H,11H2,1-6H3/t15-,16?/m0/s1. The Bertz CT molecular complexity index is 508. The first-order valence-corrected chi connectivity index (χ1v) is 8.70. The van der Waals surface area contributed by atoms with Crippen molar-refractivity contribution in [1.82, 2.24) is 4.90 Å². The number of hydrogen-bond donors (Lipinski definition) is 1. The van der Waals surface area contributed by atoms with Gasteiger partial charge in [-0.3, -0.25) is 0 Å². The minimum absolute atomic E-state index is 0.342. The molecule has 0 radical (unpaired) electrons. The third-order valence-electron chi connectivity index (χ3n) is 3.47. The van der Waals surface area contributed by atoms with Gasteiger partial charge in [-0.1, -0.05) is 41.9 Å². The molecule has 0 aliphatic heterocycles. The molecule has 0 heterocycles. The molecule has 5 heteroatoms. The number of likely N-dealkylation sites (N-methyl/N-ethyl adjacent to an activating group) is 1. The highest BCUT2D eigenvalue weighted by Crippen LogP contribution is 2.27. The lowest BCUT2D eigenvalue weighted by molar-refractivity contribution is -0.00252. The molecule has 1 N–H and O–H groups in total. The highest BCUT2D eigenvalue weighted by Gasteiger charge is 2.31. The second-order valence-corrected chi connectivity index (χ2v) is 8.20. The van der Waals surface area contributed by atoms with Crippen molar-refractivity contribution in [3.05, 3.63) is 34.3 Å². The van der Waals surface area contributed by atoms with Gasteiger partial charge in [0, 0.05) is 11.5 Å². The van der Waals surface area contributed by atoms with Gasteiger partial charge in [0.1, 0.15) is 5.60 Å². The van der Waals surface area contributed by atoms with Gasteiger partial charge < -0.3 is 14.7 Å². The number of carbonyl (C=O) groups is 1. The molecule has 23 heavy (non-hydrogen) atoms. The van der Waals surface area contributed by atoms with Gasteiger partial charge in [0.15, 0.2) is 0 Å². The first-order valence-electron chi connectivity index (χ1n) is 7.90. The summed E-state index contributed by atoms with van der Waals surface area (Å²) in [7, 11) is 1.68. The van der Waals surface area contributed by atoms with Crippen LogP contribution in [0.15, 0.2) is 28.7 Å². The predicted octanol–water partition coefficient (Wildman–Crippen LogP) is 4.76. The molecule has 1 aromatic rings. The van der Waals surface area contributed by atoms with E-state index >= 15 is 0 Å². The largest absolute Gasteiger partial charge is 0.444 e. The number of nitrogens with zero attached hydrogens (tertiary/aromatic N) is 1. The van der Waals surface area contributed by atoms with E-state index in [9.17, 15) is 9.90 Å². The molecule has 0 aromatic heterocycles. The number of aliphatic hydroxyl groups excluding tert-OH is 1. The van der Waals surface area contributed by atoms with Crippen LogP contribution in [0, 0.1) is 5.92 Å². The van der Waals surface area contributed by atoms with Crippen LogP contribution in [-0.2, 0) is 4.74 Å². The van der Waals surface area contributed by atoms with Crippen LogP contribution in [0.1, 0.15) is 52.7 Å². The number of amides is 1. The van der Waals surface area contributed by atoms with Crippen molar-refractivity contribution < 1.29 is 14.6 Å². The third-order valence-corrected chi connectivity index (χ3v) is 4.00. The summed E-state index contributed by atoms with van der Waals surface area (Å²) in [5.74, 6) is 0.343. The maximum atomic E-state index is 12.4. The number of aliphatic hydroxyl groups is 1. The van der Waals surface area contributed by atoms with Crippen LogP contribution >= 0.6 is 15.9 Å². The molecule has 0 fully saturated rings. The summed E-state index contributed by atoms with van der Waals surface area (Å²) < 4.78 is 6.39. The lowest BCUT2D eigenvalue weighted by Gasteiger charge is -2.34. The van der Waals surface area contributed by atoms with Crippen LogP contribution in [0.3, 0.4) is 0 Å². The molecule has 0 saturated heterocycles. The van der Waals surface area contributed by atoms with Crippen LogP contribution in [0.25, 0.3) is 0 Å². The number of halogens is 1. The van der Waals surface area contributed by atoms with Gasteiger partial charge in [0.05, 0.1) is 12.1 Å². The maximum Gasteiger partial charge on any atom is 0.410 e. The minimum Gasteiger partial charge on any atom is -0.444 e. The number of rotatable bonds is 5. The highest BCUT2D eigenvalue weighted by atomic mass is 79.9. The number of hydrogen-bond acceptors (Lipinski definition) is 3. The van der Waals surface area contributed by atoms with Gasteiger partial charge >= 0.3 is 6.09 Å². The van der Waals surface area contributed by atoms with Crippen LogP contribution < -0.4 is 0 Å². The lowest BCUT2D eigenvalue weighted by atomic mass is 9.94. The topological polar surface area (TPSA) is 49.8 Å². The Morgan fingerprint density at radius 3 is 2.22 bits per heavy atom. The molecular formula is C18H28BrNO3. The molecule has 1 amide bonds. The molecule has 130 valence electrons. The van der Waals surface area contributed by atoms with E-state index < -0.39 is 17.8 Å². The van der Waals surface area contributed by atoms with E-state index in [4.69, 9.17) is 4.74 Å². The van der Waals surface area contributed by atoms with Gasteiger partial charge in [-0.05, 0) is 50.8 Å². The van der Waals surface area contributed by atoms with Crippen molar-refractivity contribution >= 4 is 22.0 Å². The van der Waals surface area contributed by atoms with Crippen molar-refractivity contribution in [3.63, 3.8) is 0 Å². The van der Waals surface area contributed by atoms with E-state index in [0.29, 0.717) is 12.3 Å². The number of benzene rings is 1. The molecule has 0 aliphatic carbocycles. The zero-order valence-corrected chi connectivity index (χ0v) is 16.4. The molecule has 0 saturated carbocycles. The Kier molecular flexibility index (Phi) is 7.08. The Morgan fingerprint density at radius 2 is 1.78 bits per heavy atom. The Balaban J connectivity index is 2.98. The average Bonchev–Trinajstić information content (AvgIpc) is 2.42. The third kappa shape index (κ3) is 6.51. The van der Waals surface area contributed by atoms with Crippen molar-refractivity contribution in [3.8, 4) is 0 Å². The van der Waals surface area contributed by atoms with Crippen LogP contribution in [0.2, 0.25) is 0 Å². The van der Waals surface area contributed by atoms with E-state index in [2.05, 4.69) is 29.8 Å². The van der Waals surface area contributed by atoms with Crippen LogP contribution in [0.5, 0.6) is 0 Å². The summed E-state index contributed by atoms with van der Waals surface area (Å²) in [4.78, 5) is 13.9. The Hall–Kier alpha value is -1.07. The number of ether oxygens (including phenoxy) is 1. The van der Waals surface area contributed by atoms with Gasteiger partial charge in [0.2, 0.25) is 0 Å². The minimum atomic E-state index is -0.761. The van der Waals surface area contributed by atoms with E-state index in [-0.39, 0.29) is 6.04 Å². The quantitative estimate of drug-likeness (QED) is 0.794. The van der Waals surface area contributed by atoms with Gasteiger partial charge in [-0.15, -0.1) is 0 Å². The zero-order valence-electron chi connectivity index (χ0n) is 14.8. The Morgan fingerprint density at radius 1 is 1.26 bits per heavy atom. The van der Waals surface area contributed by atoms with Gasteiger partial charge in [-0.2, -0.15) is 0 Å². The van der Waals surface area contributed by atoms with Crippen LogP contribution in [0.4, 0.5) is 4.79 Å². The molecule has 1 unspecified atom stereocenters. The van der Waals surface area contributed by atoms with Crippen molar-refractivity contribution in [2.45, 2.75) is 58.8 Å². The highest BCUT2D eigenvalue weighted by molar-refractivity contribution is 9.10. The first-order chi connectivity index (χ1) is 10.5. The van der Waals surface area contributed by atoms with E-state index in [0.717, 1.165) is 10.0 Å². The zero-order chi connectivity index (χ0) is 17.8. The molecular weight excluding hydrogens is 358 g/mol. The summed E-state index contributed by atoms with van der Waals surface area (Å²) in [5, 5.41) is 10.8. The fourth-order valence-corrected chi connectivity index (χ4v) is 2.60.